The van der Waals surface area contributed by atoms with Gasteiger partial charge in [0, 0.05) is 6.54 Å². The highest BCUT2D eigenvalue weighted by Gasteiger charge is 2.02. The predicted octanol–water partition coefficient (Wildman–Crippen LogP) is 4.36. The summed E-state index contributed by atoms with van der Waals surface area (Å²) < 4.78 is 11.5. The summed E-state index contributed by atoms with van der Waals surface area (Å²) in [6, 6.07) is 17.9. The maximum Gasteiger partial charge on any atom is 0.142 e. The monoisotopic (exact) mass is 285 g/mol. The number of hydrogen-bond acceptors (Lipinski definition) is 3. The van der Waals surface area contributed by atoms with E-state index >= 15 is 0 Å². The highest BCUT2D eigenvalue weighted by atomic mass is 16.5. The first-order valence-electron chi connectivity index (χ1n) is 7.53. The van der Waals surface area contributed by atoms with E-state index in [0.717, 1.165) is 43.2 Å². The van der Waals surface area contributed by atoms with E-state index in [-0.39, 0.29) is 0 Å². The molecule has 0 atom stereocenters. The van der Waals surface area contributed by atoms with Gasteiger partial charge in [0.25, 0.3) is 0 Å². The van der Waals surface area contributed by atoms with Crippen molar-refractivity contribution in [3.05, 3.63) is 54.6 Å². The third-order valence-electron chi connectivity index (χ3n) is 3.07. The molecule has 2 aromatic carbocycles. The molecular weight excluding hydrogens is 262 g/mol. The molecule has 0 amide bonds. The van der Waals surface area contributed by atoms with Crippen LogP contribution in [-0.4, -0.2) is 19.8 Å². The van der Waals surface area contributed by atoms with Crippen LogP contribution in [0, 0.1) is 0 Å². The minimum absolute atomic E-state index is 0.618. The molecule has 0 unspecified atom stereocenters. The van der Waals surface area contributed by atoms with Crippen molar-refractivity contribution in [3.8, 4) is 11.5 Å². The van der Waals surface area contributed by atoms with E-state index in [2.05, 4.69) is 12.2 Å². The predicted molar refractivity (Wildman–Crippen MR) is 87.3 cm³/mol. The molecule has 0 spiro atoms. The standard InChI is InChI=1S/C18H23NO2/c1-2-3-14-21-18-12-8-7-11-17(18)19-13-15-20-16-9-5-4-6-10-16/h4-12,19H,2-3,13-15H2,1H3. The van der Waals surface area contributed by atoms with Gasteiger partial charge in [0.15, 0.2) is 0 Å². The molecule has 0 heterocycles. The first-order valence-corrected chi connectivity index (χ1v) is 7.53. The minimum atomic E-state index is 0.618. The molecule has 2 rings (SSSR count). The topological polar surface area (TPSA) is 30.5 Å². The molecule has 0 saturated carbocycles. The average Bonchev–Trinajstić information content (AvgIpc) is 2.54. The zero-order valence-electron chi connectivity index (χ0n) is 12.5. The number of ether oxygens (including phenoxy) is 2. The molecule has 3 nitrogen and oxygen atoms in total. The number of benzene rings is 2. The Bertz CT molecular complexity index is 514. The number of nitrogens with one attached hydrogen (secondary N) is 1. The Labute approximate surface area is 126 Å². The first-order chi connectivity index (χ1) is 10.4. The number of anilines is 1. The van der Waals surface area contributed by atoms with Crippen molar-refractivity contribution in [2.45, 2.75) is 19.8 Å². The van der Waals surface area contributed by atoms with Crippen LogP contribution in [-0.2, 0) is 0 Å². The fourth-order valence-corrected chi connectivity index (χ4v) is 1.94. The Morgan fingerprint density at radius 3 is 2.43 bits per heavy atom. The first kappa shape index (κ1) is 15.2. The molecule has 0 fully saturated rings. The summed E-state index contributed by atoms with van der Waals surface area (Å²) in [4.78, 5) is 0. The maximum absolute atomic E-state index is 5.79. The zero-order chi connectivity index (χ0) is 14.8. The van der Waals surface area contributed by atoms with Gasteiger partial charge < -0.3 is 14.8 Å². The van der Waals surface area contributed by atoms with Crippen LogP contribution < -0.4 is 14.8 Å². The van der Waals surface area contributed by atoms with Crippen LogP contribution in [0.1, 0.15) is 19.8 Å². The van der Waals surface area contributed by atoms with Crippen molar-refractivity contribution in [3.63, 3.8) is 0 Å². The van der Waals surface area contributed by atoms with Gasteiger partial charge in [-0.15, -0.1) is 0 Å². The molecule has 0 bridgehead atoms. The second kappa shape index (κ2) is 8.90. The van der Waals surface area contributed by atoms with Crippen molar-refractivity contribution < 1.29 is 9.47 Å². The molecule has 2 aromatic rings. The Kier molecular flexibility index (Phi) is 6.46. The zero-order valence-corrected chi connectivity index (χ0v) is 12.5. The van der Waals surface area contributed by atoms with E-state index in [1.807, 2.05) is 54.6 Å². The second-order valence-electron chi connectivity index (χ2n) is 4.79. The van der Waals surface area contributed by atoms with Gasteiger partial charge >= 0.3 is 0 Å². The van der Waals surface area contributed by atoms with Crippen molar-refractivity contribution >= 4 is 5.69 Å². The number of para-hydroxylation sites is 3. The summed E-state index contributed by atoms with van der Waals surface area (Å²) in [6.45, 7) is 4.28. The largest absolute Gasteiger partial charge is 0.492 e. The van der Waals surface area contributed by atoms with Gasteiger partial charge in [0.1, 0.15) is 18.1 Å². The Balaban J connectivity index is 1.77. The van der Waals surface area contributed by atoms with Crippen molar-refractivity contribution in [1.29, 1.82) is 0 Å². The van der Waals surface area contributed by atoms with Gasteiger partial charge in [0.05, 0.1) is 12.3 Å². The van der Waals surface area contributed by atoms with Gasteiger partial charge in [0.2, 0.25) is 0 Å². The Morgan fingerprint density at radius 1 is 0.857 bits per heavy atom. The smallest absolute Gasteiger partial charge is 0.142 e. The summed E-state index contributed by atoms with van der Waals surface area (Å²) in [5.41, 5.74) is 1.02. The number of hydrogen-bond donors (Lipinski definition) is 1. The lowest BCUT2D eigenvalue weighted by molar-refractivity contribution is 0.309. The summed E-state index contributed by atoms with van der Waals surface area (Å²) in [7, 11) is 0. The van der Waals surface area contributed by atoms with E-state index in [4.69, 9.17) is 9.47 Å². The highest BCUT2D eigenvalue weighted by Crippen LogP contribution is 2.23. The Hall–Kier alpha value is -2.16. The second-order valence-corrected chi connectivity index (χ2v) is 4.79. The average molecular weight is 285 g/mol. The summed E-state index contributed by atoms with van der Waals surface area (Å²) in [5, 5.41) is 3.36. The quantitative estimate of drug-likeness (QED) is 0.694. The van der Waals surface area contributed by atoms with E-state index in [0.29, 0.717) is 6.61 Å². The molecule has 0 aliphatic rings. The van der Waals surface area contributed by atoms with Gasteiger partial charge in [-0.3, -0.25) is 0 Å². The lowest BCUT2D eigenvalue weighted by atomic mass is 10.3. The fourth-order valence-electron chi connectivity index (χ4n) is 1.94. The molecule has 0 aliphatic carbocycles. The van der Waals surface area contributed by atoms with Crippen LogP contribution >= 0.6 is 0 Å². The maximum atomic E-state index is 5.79. The van der Waals surface area contributed by atoms with Crippen LogP contribution in [0.3, 0.4) is 0 Å². The van der Waals surface area contributed by atoms with E-state index < -0.39 is 0 Å². The normalized spacial score (nSPS) is 10.1. The van der Waals surface area contributed by atoms with E-state index in [1.165, 1.54) is 0 Å². The van der Waals surface area contributed by atoms with Gasteiger partial charge in [-0.25, -0.2) is 0 Å². The third kappa shape index (κ3) is 5.38. The molecule has 0 aromatic heterocycles. The van der Waals surface area contributed by atoms with Crippen LogP contribution in [0.25, 0.3) is 0 Å². The van der Waals surface area contributed by atoms with Crippen LogP contribution in [0.4, 0.5) is 5.69 Å². The summed E-state index contributed by atoms with van der Waals surface area (Å²) in [6.07, 6.45) is 2.21. The van der Waals surface area contributed by atoms with Crippen LogP contribution in [0.5, 0.6) is 11.5 Å². The molecule has 1 N–H and O–H groups in total. The van der Waals surface area contributed by atoms with E-state index in [9.17, 15) is 0 Å². The highest BCUT2D eigenvalue weighted by molar-refractivity contribution is 5.56. The Morgan fingerprint density at radius 2 is 1.62 bits per heavy atom. The molecule has 112 valence electrons. The minimum Gasteiger partial charge on any atom is -0.492 e. The number of unbranched alkanes of at least 4 members (excludes halogenated alkanes) is 1. The van der Waals surface area contributed by atoms with Crippen molar-refractivity contribution in [2.24, 2.45) is 0 Å². The fraction of sp³-hybridized carbons (Fsp3) is 0.333. The van der Waals surface area contributed by atoms with Gasteiger partial charge in [-0.1, -0.05) is 43.7 Å². The summed E-state index contributed by atoms with van der Waals surface area (Å²) >= 11 is 0. The molecule has 21 heavy (non-hydrogen) atoms. The van der Waals surface area contributed by atoms with Crippen LogP contribution in [0.15, 0.2) is 54.6 Å². The summed E-state index contributed by atoms with van der Waals surface area (Å²) in [5.74, 6) is 1.80. The lowest BCUT2D eigenvalue weighted by Gasteiger charge is -2.13. The molecule has 0 saturated heterocycles. The molecule has 0 aliphatic heterocycles. The molecular formula is C18H23NO2. The van der Waals surface area contributed by atoms with Crippen LogP contribution in [0.2, 0.25) is 0 Å². The van der Waals surface area contributed by atoms with Crippen molar-refractivity contribution in [1.82, 2.24) is 0 Å². The lowest BCUT2D eigenvalue weighted by Crippen LogP contribution is -2.12. The molecule has 0 radical (unpaired) electrons. The van der Waals surface area contributed by atoms with Gasteiger partial charge in [-0.2, -0.15) is 0 Å². The third-order valence-corrected chi connectivity index (χ3v) is 3.07. The van der Waals surface area contributed by atoms with Gasteiger partial charge in [-0.05, 0) is 30.7 Å². The molecule has 3 heteroatoms. The SMILES string of the molecule is CCCCOc1ccccc1NCCOc1ccccc1. The van der Waals surface area contributed by atoms with E-state index in [1.54, 1.807) is 0 Å². The number of rotatable bonds is 9. The van der Waals surface area contributed by atoms with Crippen molar-refractivity contribution in [2.75, 3.05) is 25.1 Å².